The Morgan fingerprint density at radius 2 is 1.76 bits per heavy atom. The van der Waals surface area contributed by atoms with Gasteiger partial charge in [0, 0.05) is 25.5 Å². The minimum Gasteiger partial charge on any atom is -0.384 e. The van der Waals surface area contributed by atoms with Crippen molar-refractivity contribution in [1.29, 1.82) is 0 Å². The first-order valence-electron chi connectivity index (χ1n) is 8.02. The van der Waals surface area contributed by atoms with E-state index in [9.17, 15) is 14.4 Å². The summed E-state index contributed by atoms with van der Waals surface area (Å²) in [6, 6.07) is 8.53. The lowest BCUT2D eigenvalue weighted by molar-refractivity contribution is 0.0651. The van der Waals surface area contributed by atoms with E-state index in [-0.39, 0.29) is 11.8 Å². The number of amides is 3. The number of hydrogen-bond acceptors (Lipinski definition) is 5. The first-order valence-corrected chi connectivity index (χ1v) is 8.02. The van der Waals surface area contributed by atoms with Gasteiger partial charge in [-0.25, -0.2) is 0 Å². The Morgan fingerprint density at radius 3 is 2.40 bits per heavy atom. The van der Waals surface area contributed by atoms with Gasteiger partial charge in [0.1, 0.15) is 0 Å². The highest BCUT2D eigenvalue weighted by Crippen LogP contribution is 2.22. The Hall–Kier alpha value is -3.22. The van der Waals surface area contributed by atoms with E-state index >= 15 is 0 Å². The molecule has 2 heterocycles. The molecular formula is C18H18N4O3. The number of benzene rings is 1. The van der Waals surface area contributed by atoms with Crippen LogP contribution in [0.25, 0.3) is 0 Å². The van der Waals surface area contributed by atoms with E-state index in [4.69, 9.17) is 5.73 Å². The van der Waals surface area contributed by atoms with Crippen molar-refractivity contribution in [3.63, 3.8) is 0 Å². The number of nitrogens with two attached hydrogens (primary N) is 1. The predicted octanol–water partition coefficient (Wildman–Crippen LogP) is 1.67. The number of rotatable bonds is 7. The SMILES string of the molecule is NC(=O)c1cnccc1NCCCCN1C(=O)c2ccccc2C1=O. The van der Waals surface area contributed by atoms with Gasteiger partial charge >= 0.3 is 0 Å². The highest BCUT2D eigenvalue weighted by molar-refractivity contribution is 6.21. The Labute approximate surface area is 144 Å². The van der Waals surface area contributed by atoms with Gasteiger partial charge in [-0.05, 0) is 31.0 Å². The predicted molar refractivity (Wildman–Crippen MR) is 92.3 cm³/mol. The summed E-state index contributed by atoms with van der Waals surface area (Å²) in [4.78, 5) is 41.0. The van der Waals surface area contributed by atoms with Crippen LogP contribution in [0.1, 0.15) is 43.9 Å². The molecule has 0 bridgehead atoms. The van der Waals surface area contributed by atoms with Gasteiger partial charge in [-0.1, -0.05) is 12.1 Å². The zero-order valence-electron chi connectivity index (χ0n) is 13.6. The van der Waals surface area contributed by atoms with E-state index in [0.717, 1.165) is 6.42 Å². The molecule has 1 aliphatic rings. The highest BCUT2D eigenvalue weighted by Gasteiger charge is 2.34. The Bertz CT molecular complexity index is 800. The maximum Gasteiger partial charge on any atom is 0.261 e. The number of unbranched alkanes of at least 4 members (excludes halogenated alkanes) is 1. The summed E-state index contributed by atoms with van der Waals surface area (Å²) >= 11 is 0. The van der Waals surface area contributed by atoms with Crippen molar-refractivity contribution < 1.29 is 14.4 Å². The number of nitrogens with zero attached hydrogens (tertiary/aromatic N) is 2. The number of carbonyl (C=O) groups excluding carboxylic acids is 3. The van der Waals surface area contributed by atoms with Gasteiger partial charge in [-0.2, -0.15) is 0 Å². The van der Waals surface area contributed by atoms with Gasteiger partial charge in [0.05, 0.1) is 22.4 Å². The highest BCUT2D eigenvalue weighted by atomic mass is 16.2. The van der Waals surface area contributed by atoms with Crippen LogP contribution in [0.2, 0.25) is 0 Å². The fourth-order valence-electron chi connectivity index (χ4n) is 2.81. The van der Waals surface area contributed by atoms with Crippen LogP contribution in [0, 0.1) is 0 Å². The number of pyridine rings is 1. The molecule has 0 aliphatic carbocycles. The number of fused-ring (bicyclic) bond motifs is 1. The third-order valence-corrected chi connectivity index (χ3v) is 4.09. The molecule has 3 N–H and O–H groups in total. The summed E-state index contributed by atoms with van der Waals surface area (Å²) in [5.74, 6) is -1.01. The van der Waals surface area contributed by atoms with Gasteiger partial charge in [-0.15, -0.1) is 0 Å². The first-order chi connectivity index (χ1) is 12.1. The van der Waals surface area contributed by atoms with Crippen molar-refractivity contribution in [3.05, 3.63) is 59.4 Å². The standard InChI is InChI=1S/C18H18N4O3/c19-16(23)14-11-20-9-7-15(14)21-8-3-4-10-22-17(24)12-5-1-2-6-13(12)18(22)25/h1-2,5-7,9,11H,3-4,8,10H2,(H2,19,23)(H,20,21). The second kappa shape index (κ2) is 7.12. The van der Waals surface area contributed by atoms with Crippen LogP contribution < -0.4 is 11.1 Å². The number of nitrogens with one attached hydrogen (secondary N) is 1. The lowest BCUT2D eigenvalue weighted by Gasteiger charge is -2.14. The molecule has 0 radical (unpaired) electrons. The van der Waals surface area contributed by atoms with Gasteiger partial charge in [0.15, 0.2) is 0 Å². The molecule has 0 spiro atoms. The quantitative estimate of drug-likeness (QED) is 0.590. The summed E-state index contributed by atoms with van der Waals surface area (Å²) in [6.07, 6.45) is 4.39. The maximum absolute atomic E-state index is 12.2. The van der Waals surface area contributed by atoms with E-state index in [1.54, 1.807) is 36.5 Å². The molecule has 3 amide bonds. The smallest absolute Gasteiger partial charge is 0.261 e. The Kier molecular flexibility index (Phi) is 4.74. The van der Waals surface area contributed by atoms with Crippen LogP contribution in [-0.2, 0) is 0 Å². The fraction of sp³-hybridized carbons (Fsp3) is 0.222. The topological polar surface area (TPSA) is 105 Å². The number of hydrogen-bond donors (Lipinski definition) is 2. The van der Waals surface area contributed by atoms with Crippen molar-refractivity contribution in [1.82, 2.24) is 9.88 Å². The van der Waals surface area contributed by atoms with Crippen LogP contribution in [-0.4, -0.2) is 40.7 Å². The Balaban J connectivity index is 1.50. The molecular weight excluding hydrogens is 320 g/mol. The molecule has 7 heteroatoms. The van der Waals surface area contributed by atoms with Gasteiger partial charge in [-0.3, -0.25) is 24.3 Å². The van der Waals surface area contributed by atoms with Crippen LogP contribution in [0.5, 0.6) is 0 Å². The average Bonchev–Trinajstić information content (AvgIpc) is 2.87. The van der Waals surface area contributed by atoms with Crippen molar-refractivity contribution >= 4 is 23.4 Å². The number of imide groups is 1. The van der Waals surface area contributed by atoms with Crippen LogP contribution >= 0.6 is 0 Å². The lowest BCUT2D eigenvalue weighted by atomic mass is 10.1. The summed E-state index contributed by atoms with van der Waals surface area (Å²) in [6.45, 7) is 0.959. The molecule has 2 aromatic rings. The van der Waals surface area contributed by atoms with Crippen molar-refractivity contribution in [3.8, 4) is 0 Å². The molecule has 0 unspecified atom stereocenters. The third-order valence-electron chi connectivity index (χ3n) is 4.09. The summed E-state index contributed by atoms with van der Waals surface area (Å²) in [7, 11) is 0. The molecule has 128 valence electrons. The van der Waals surface area contributed by atoms with Crippen molar-refractivity contribution in [2.24, 2.45) is 5.73 Å². The van der Waals surface area contributed by atoms with E-state index in [1.807, 2.05) is 0 Å². The number of anilines is 1. The van der Waals surface area contributed by atoms with Gasteiger partial charge in [0.2, 0.25) is 0 Å². The van der Waals surface area contributed by atoms with Crippen LogP contribution in [0.15, 0.2) is 42.7 Å². The molecule has 25 heavy (non-hydrogen) atoms. The van der Waals surface area contributed by atoms with E-state index in [0.29, 0.717) is 41.9 Å². The van der Waals surface area contributed by atoms with Gasteiger partial charge in [0.25, 0.3) is 17.7 Å². The largest absolute Gasteiger partial charge is 0.384 e. The van der Waals surface area contributed by atoms with E-state index in [1.165, 1.54) is 11.1 Å². The third kappa shape index (κ3) is 3.35. The minimum atomic E-state index is -0.540. The summed E-state index contributed by atoms with van der Waals surface area (Å²) in [5, 5.41) is 3.13. The van der Waals surface area contributed by atoms with E-state index < -0.39 is 5.91 Å². The zero-order chi connectivity index (χ0) is 17.8. The summed E-state index contributed by atoms with van der Waals surface area (Å²) < 4.78 is 0. The number of carbonyl (C=O) groups is 3. The molecule has 3 rings (SSSR count). The second-order valence-corrected chi connectivity index (χ2v) is 5.73. The summed E-state index contributed by atoms with van der Waals surface area (Å²) in [5.41, 5.74) is 7.20. The molecule has 0 atom stereocenters. The molecule has 0 saturated heterocycles. The number of primary amides is 1. The normalized spacial score (nSPS) is 13.0. The molecule has 0 fully saturated rings. The van der Waals surface area contributed by atoms with Crippen LogP contribution in [0.3, 0.4) is 0 Å². The first kappa shape index (κ1) is 16.6. The monoisotopic (exact) mass is 338 g/mol. The maximum atomic E-state index is 12.2. The Morgan fingerprint density at radius 1 is 1.08 bits per heavy atom. The molecule has 1 aliphatic heterocycles. The van der Waals surface area contributed by atoms with Crippen molar-refractivity contribution in [2.75, 3.05) is 18.4 Å². The second-order valence-electron chi connectivity index (χ2n) is 5.73. The van der Waals surface area contributed by atoms with Crippen molar-refractivity contribution in [2.45, 2.75) is 12.8 Å². The lowest BCUT2D eigenvalue weighted by Crippen LogP contribution is -2.30. The van der Waals surface area contributed by atoms with E-state index in [2.05, 4.69) is 10.3 Å². The molecule has 1 aromatic carbocycles. The van der Waals surface area contributed by atoms with Gasteiger partial charge < -0.3 is 11.1 Å². The van der Waals surface area contributed by atoms with Crippen LogP contribution in [0.4, 0.5) is 5.69 Å². The molecule has 7 nitrogen and oxygen atoms in total. The minimum absolute atomic E-state index is 0.237. The average molecular weight is 338 g/mol. The zero-order valence-corrected chi connectivity index (χ0v) is 13.6. The molecule has 0 saturated carbocycles. The fourth-order valence-corrected chi connectivity index (χ4v) is 2.81. The number of aromatic nitrogens is 1. The molecule has 1 aromatic heterocycles.